The van der Waals surface area contributed by atoms with Gasteiger partial charge in [-0.15, -0.1) is 0 Å². The smallest absolute Gasteiger partial charge is 0.224 e. The average Bonchev–Trinajstić information content (AvgIpc) is 2.67. The third kappa shape index (κ3) is 4.47. The molecule has 2 aromatic carbocycles. The number of nitrogens with one attached hydrogen (secondary N) is 1. The Kier molecular flexibility index (Phi) is 5.63. The van der Waals surface area contributed by atoms with Crippen molar-refractivity contribution < 1.29 is 14.3 Å². The van der Waals surface area contributed by atoms with Gasteiger partial charge >= 0.3 is 0 Å². The molecule has 2 aromatic rings. The zero-order valence-electron chi connectivity index (χ0n) is 16.8. The van der Waals surface area contributed by atoms with E-state index in [0.717, 1.165) is 23.4 Å². The number of aliphatic imine (C=N–C) groups is 1. The zero-order chi connectivity index (χ0) is 20.3. The van der Waals surface area contributed by atoms with Crippen molar-refractivity contribution in [2.75, 3.05) is 12.4 Å². The first-order valence-electron chi connectivity index (χ1n) is 9.50. The number of benzene rings is 2. The summed E-state index contributed by atoms with van der Waals surface area (Å²) in [5.41, 5.74) is 4.00. The Morgan fingerprint density at radius 1 is 1.14 bits per heavy atom. The monoisotopic (exact) mass is 378 g/mol. The fraction of sp³-hybridized carbons (Fsp3) is 0.348. The third-order valence-electron chi connectivity index (χ3n) is 4.83. The first-order chi connectivity index (χ1) is 13.3. The maximum atomic E-state index is 12.9. The zero-order valence-corrected chi connectivity index (χ0v) is 16.8. The number of Topliss-reactive ketones (excluding diaryl/α,β-unsaturated/α-hetero) is 1. The number of anilines is 1. The van der Waals surface area contributed by atoms with E-state index in [1.807, 2.05) is 12.1 Å². The molecule has 0 spiro atoms. The molecular weight excluding hydrogens is 352 g/mol. The molecule has 0 radical (unpaired) electrons. The lowest BCUT2D eigenvalue weighted by Gasteiger charge is -2.29. The molecule has 28 heavy (non-hydrogen) atoms. The molecule has 3 rings (SSSR count). The Morgan fingerprint density at radius 2 is 1.86 bits per heavy atom. The highest BCUT2D eigenvalue weighted by Gasteiger charge is 2.28. The van der Waals surface area contributed by atoms with Gasteiger partial charge in [0.05, 0.1) is 24.8 Å². The van der Waals surface area contributed by atoms with E-state index in [1.54, 1.807) is 38.3 Å². The van der Waals surface area contributed by atoms with Gasteiger partial charge in [-0.2, -0.15) is 0 Å². The van der Waals surface area contributed by atoms with Crippen molar-refractivity contribution in [2.24, 2.45) is 4.99 Å². The lowest BCUT2D eigenvalue weighted by atomic mass is 9.85. The van der Waals surface area contributed by atoms with Crippen molar-refractivity contribution in [1.82, 2.24) is 0 Å². The summed E-state index contributed by atoms with van der Waals surface area (Å²) in [6, 6.07) is 13.0. The van der Waals surface area contributed by atoms with E-state index >= 15 is 0 Å². The number of fused-ring (bicyclic) bond motifs is 1. The van der Waals surface area contributed by atoms with Crippen LogP contribution >= 0.6 is 0 Å². The van der Waals surface area contributed by atoms with Crippen molar-refractivity contribution in [3.8, 4) is 5.75 Å². The van der Waals surface area contributed by atoms with Crippen LogP contribution in [0, 0.1) is 0 Å². The Labute approximate surface area is 165 Å². The van der Waals surface area contributed by atoms with E-state index in [0.29, 0.717) is 17.7 Å². The van der Waals surface area contributed by atoms with E-state index in [4.69, 9.17) is 9.73 Å². The maximum absolute atomic E-state index is 12.9. The fourth-order valence-electron chi connectivity index (χ4n) is 3.41. The molecule has 0 atom stereocenters. The predicted molar refractivity (Wildman–Crippen MR) is 112 cm³/mol. The number of carbonyl (C=O) groups excluding carboxylic acids is 2. The Balaban J connectivity index is 1.83. The van der Waals surface area contributed by atoms with E-state index < -0.39 is 0 Å². The van der Waals surface area contributed by atoms with Crippen LogP contribution in [0.4, 0.5) is 5.69 Å². The molecule has 0 aromatic heterocycles. The first kappa shape index (κ1) is 19.8. The van der Waals surface area contributed by atoms with Gasteiger partial charge in [0.1, 0.15) is 5.75 Å². The lowest BCUT2D eigenvalue weighted by molar-refractivity contribution is -0.115. The quantitative estimate of drug-likeness (QED) is 0.756. The van der Waals surface area contributed by atoms with Crippen LogP contribution in [0.5, 0.6) is 5.75 Å². The number of carbonyl (C=O) groups is 2. The second-order valence-electron chi connectivity index (χ2n) is 7.65. The fourth-order valence-corrected chi connectivity index (χ4v) is 3.41. The molecule has 1 aliphatic heterocycles. The highest BCUT2D eigenvalue weighted by atomic mass is 16.5. The predicted octanol–water partition coefficient (Wildman–Crippen LogP) is 4.44. The second-order valence-corrected chi connectivity index (χ2v) is 7.65. The number of ketones is 1. The minimum Gasteiger partial charge on any atom is -0.497 e. The van der Waals surface area contributed by atoms with E-state index in [9.17, 15) is 9.59 Å². The van der Waals surface area contributed by atoms with Gasteiger partial charge in [-0.1, -0.05) is 13.0 Å². The van der Waals surface area contributed by atoms with Crippen LogP contribution in [0.3, 0.4) is 0 Å². The van der Waals surface area contributed by atoms with Gasteiger partial charge in [-0.3, -0.25) is 14.6 Å². The molecule has 0 fully saturated rings. The van der Waals surface area contributed by atoms with Crippen molar-refractivity contribution in [1.29, 1.82) is 0 Å². The van der Waals surface area contributed by atoms with Crippen LogP contribution in [0.25, 0.3) is 0 Å². The number of ether oxygens (including phenoxy) is 1. The molecule has 1 aliphatic rings. The molecule has 0 saturated carbocycles. The minimum absolute atomic E-state index is 0.00131. The SMILES string of the molecule is CCC(=O)Nc1ccc(C(=O)CC2=NC(C)(C)Cc3ccc(OC)cc32)cc1. The van der Waals surface area contributed by atoms with Gasteiger partial charge in [0.15, 0.2) is 5.78 Å². The molecule has 1 N–H and O–H groups in total. The number of methoxy groups -OCH3 is 1. The third-order valence-corrected chi connectivity index (χ3v) is 4.83. The minimum atomic E-state index is -0.245. The van der Waals surface area contributed by atoms with Gasteiger partial charge in [0.25, 0.3) is 0 Å². The van der Waals surface area contributed by atoms with Crippen molar-refractivity contribution in [3.05, 3.63) is 59.2 Å². The summed E-state index contributed by atoms with van der Waals surface area (Å²) in [5.74, 6) is 0.705. The van der Waals surface area contributed by atoms with E-state index in [2.05, 4.69) is 25.2 Å². The summed E-state index contributed by atoms with van der Waals surface area (Å²) in [7, 11) is 1.63. The van der Waals surface area contributed by atoms with E-state index in [1.165, 1.54) is 5.56 Å². The number of rotatable bonds is 6. The van der Waals surface area contributed by atoms with Crippen LogP contribution in [-0.4, -0.2) is 30.1 Å². The molecule has 1 heterocycles. The maximum Gasteiger partial charge on any atom is 0.224 e. The van der Waals surface area contributed by atoms with Crippen LogP contribution in [0.1, 0.15) is 55.1 Å². The lowest BCUT2D eigenvalue weighted by Crippen LogP contribution is -2.30. The Bertz CT molecular complexity index is 927. The number of hydrogen-bond donors (Lipinski definition) is 1. The molecule has 146 valence electrons. The van der Waals surface area contributed by atoms with Crippen molar-refractivity contribution in [3.63, 3.8) is 0 Å². The second kappa shape index (κ2) is 7.97. The standard InChI is InChI=1S/C23H26N2O3/c1-5-22(27)24-17-9-6-15(7-10-17)21(26)13-20-19-12-18(28-4)11-8-16(19)14-23(2,3)25-20/h6-12H,5,13-14H2,1-4H3,(H,24,27). The highest BCUT2D eigenvalue weighted by Crippen LogP contribution is 2.31. The summed E-state index contributed by atoms with van der Waals surface area (Å²) in [6.45, 7) is 5.96. The summed E-state index contributed by atoms with van der Waals surface area (Å²) in [4.78, 5) is 29.2. The van der Waals surface area contributed by atoms with Crippen molar-refractivity contribution >= 4 is 23.1 Å². The van der Waals surface area contributed by atoms with Gasteiger partial charge in [-0.05, 0) is 62.2 Å². The number of amides is 1. The topological polar surface area (TPSA) is 67.8 Å². The first-order valence-corrected chi connectivity index (χ1v) is 9.50. The highest BCUT2D eigenvalue weighted by molar-refractivity contribution is 6.17. The average molecular weight is 378 g/mol. The summed E-state index contributed by atoms with van der Waals surface area (Å²) in [6.07, 6.45) is 1.47. The molecule has 1 amide bonds. The van der Waals surface area contributed by atoms with Crippen LogP contribution in [0.15, 0.2) is 47.5 Å². The molecule has 0 unspecified atom stereocenters. The largest absolute Gasteiger partial charge is 0.497 e. The molecule has 5 nitrogen and oxygen atoms in total. The van der Waals surface area contributed by atoms with Gasteiger partial charge < -0.3 is 10.1 Å². The number of hydrogen-bond acceptors (Lipinski definition) is 4. The summed E-state index contributed by atoms with van der Waals surface area (Å²) < 4.78 is 5.35. The summed E-state index contributed by atoms with van der Waals surface area (Å²) in [5, 5.41) is 2.79. The summed E-state index contributed by atoms with van der Waals surface area (Å²) >= 11 is 0. The van der Waals surface area contributed by atoms with E-state index in [-0.39, 0.29) is 23.7 Å². The van der Waals surface area contributed by atoms with Gasteiger partial charge in [0.2, 0.25) is 5.91 Å². The van der Waals surface area contributed by atoms with Crippen LogP contribution in [-0.2, 0) is 11.2 Å². The molecule has 0 saturated heterocycles. The molecular formula is C23H26N2O3. The van der Waals surface area contributed by atoms with Gasteiger partial charge in [0, 0.05) is 23.2 Å². The Morgan fingerprint density at radius 3 is 2.50 bits per heavy atom. The van der Waals surface area contributed by atoms with Crippen LogP contribution in [0.2, 0.25) is 0 Å². The van der Waals surface area contributed by atoms with Gasteiger partial charge in [-0.25, -0.2) is 0 Å². The Hall–Kier alpha value is -2.95. The number of nitrogens with zero attached hydrogens (tertiary/aromatic N) is 1. The normalized spacial score (nSPS) is 14.6. The molecule has 0 aliphatic carbocycles. The van der Waals surface area contributed by atoms with Crippen LogP contribution < -0.4 is 10.1 Å². The molecule has 5 heteroatoms. The molecule has 0 bridgehead atoms. The van der Waals surface area contributed by atoms with Crippen molar-refractivity contribution in [2.45, 2.75) is 45.6 Å².